The fourth-order valence-corrected chi connectivity index (χ4v) is 2.66. The molecule has 0 bridgehead atoms. The zero-order chi connectivity index (χ0) is 20.1. The fourth-order valence-electron chi connectivity index (χ4n) is 2.66. The molecule has 1 amide bonds. The highest BCUT2D eigenvalue weighted by Crippen LogP contribution is 2.15. The molecule has 1 aromatic heterocycles. The van der Waals surface area contributed by atoms with E-state index in [1.165, 1.54) is 0 Å². The van der Waals surface area contributed by atoms with Gasteiger partial charge in [0.25, 0.3) is 0 Å². The van der Waals surface area contributed by atoms with E-state index in [4.69, 9.17) is 4.74 Å². The van der Waals surface area contributed by atoms with Crippen LogP contribution in [0.3, 0.4) is 0 Å². The van der Waals surface area contributed by atoms with E-state index < -0.39 is 12.0 Å². The molecule has 0 aliphatic carbocycles. The minimum Gasteiger partial charge on any atom is -0.480 e. The van der Waals surface area contributed by atoms with Gasteiger partial charge < -0.3 is 15.2 Å². The molecule has 1 unspecified atom stereocenters. The van der Waals surface area contributed by atoms with Crippen LogP contribution in [0, 0.1) is 19.8 Å². The number of nitrogens with zero attached hydrogens (tertiary/aromatic N) is 2. The number of nitrogens with one attached hydrogen (secondary N) is 1. The lowest BCUT2D eigenvalue weighted by Gasteiger charge is -2.21. The van der Waals surface area contributed by atoms with Crippen LogP contribution in [0.1, 0.15) is 58.0 Å². The van der Waals surface area contributed by atoms with Crippen LogP contribution in [0.5, 0.6) is 0 Å². The highest BCUT2D eigenvalue weighted by Gasteiger charge is 2.23. The number of hydrogen-bond donors (Lipinski definition) is 2. The third-order valence-corrected chi connectivity index (χ3v) is 3.98. The van der Waals surface area contributed by atoms with E-state index in [1.807, 2.05) is 39.3 Å². The lowest BCUT2D eigenvalue weighted by Crippen LogP contribution is -2.42. The molecule has 0 spiro atoms. The largest absolute Gasteiger partial charge is 0.480 e. The standard InChI is InChI=1S/C19H33N3O4/c1-12(2)11-22-14(4)15(13(3)21-22)10-17(23)20-16(18(24)25)8-9-26-19(5,6)7/h12,16H,8-11H2,1-7H3,(H,20,23)(H,24,25). The lowest BCUT2D eigenvalue weighted by atomic mass is 10.1. The molecule has 1 rings (SSSR count). The first-order valence-corrected chi connectivity index (χ1v) is 9.09. The second-order valence-electron chi connectivity index (χ2n) is 8.11. The molecule has 0 fully saturated rings. The van der Waals surface area contributed by atoms with Crippen molar-refractivity contribution < 1.29 is 19.4 Å². The van der Waals surface area contributed by atoms with Crippen molar-refractivity contribution in [2.45, 2.75) is 79.5 Å². The van der Waals surface area contributed by atoms with Crippen molar-refractivity contribution in [3.63, 3.8) is 0 Å². The summed E-state index contributed by atoms with van der Waals surface area (Å²) in [4.78, 5) is 23.8. The van der Waals surface area contributed by atoms with Crippen molar-refractivity contribution in [3.05, 3.63) is 17.0 Å². The average molecular weight is 367 g/mol. The summed E-state index contributed by atoms with van der Waals surface area (Å²) in [6.45, 7) is 14.8. The first-order chi connectivity index (χ1) is 11.9. The quantitative estimate of drug-likeness (QED) is 0.699. The van der Waals surface area contributed by atoms with E-state index in [1.54, 1.807) is 0 Å². The Labute approximate surface area is 156 Å². The molecule has 0 aromatic carbocycles. The first kappa shape index (κ1) is 22.2. The molecule has 7 heteroatoms. The maximum Gasteiger partial charge on any atom is 0.326 e. The van der Waals surface area contributed by atoms with Gasteiger partial charge in [0.2, 0.25) is 5.91 Å². The maximum absolute atomic E-state index is 12.4. The van der Waals surface area contributed by atoms with Gasteiger partial charge in [-0.3, -0.25) is 9.48 Å². The molecule has 1 aromatic rings. The number of carbonyl (C=O) groups excluding carboxylic acids is 1. The minimum atomic E-state index is -1.06. The Morgan fingerprint density at radius 3 is 2.38 bits per heavy atom. The number of aryl methyl sites for hydroxylation is 1. The predicted molar refractivity (Wildman–Crippen MR) is 100 cm³/mol. The van der Waals surface area contributed by atoms with Gasteiger partial charge in [-0.15, -0.1) is 0 Å². The second kappa shape index (κ2) is 9.16. The van der Waals surface area contributed by atoms with Crippen LogP contribution in [0.25, 0.3) is 0 Å². The van der Waals surface area contributed by atoms with Gasteiger partial charge >= 0.3 is 5.97 Å². The lowest BCUT2D eigenvalue weighted by molar-refractivity contribution is -0.142. The third-order valence-electron chi connectivity index (χ3n) is 3.98. The van der Waals surface area contributed by atoms with Gasteiger partial charge in [-0.2, -0.15) is 5.10 Å². The summed E-state index contributed by atoms with van der Waals surface area (Å²) in [5.41, 5.74) is 2.28. The molecule has 1 atom stereocenters. The second-order valence-corrected chi connectivity index (χ2v) is 8.11. The van der Waals surface area contributed by atoms with Gasteiger partial charge in [0, 0.05) is 30.8 Å². The van der Waals surface area contributed by atoms with Crippen LogP contribution < -0.4 is 5.32 Å². The van der Waals surface area contributed by atoms with Crippen LogP contribution in [-0.2, 0) is 27.3 Å². The average Bonchev–Trinajstić information content (AvgIpc) is 2.71. The van der Waals surface area contributed by atoms with Gasteiger partial charge in [-0.05, 0) is 40.5 Å². The third kappa shape index (κ3) is 7.15. The van der Waals surface area contributed by atoms with E-state index in [-0.39, 0.29) is 31.0 Å². The Morgan fingerprint density at radius 2 is 1.88 bits per heavy atom. The Balaban J connectivity index is 2.71. The zero-order valence-electron chi connectivity index (χ0n) is 17.0. The monoisotopic (exact) mass is 367 g/mol. The summed E-state index contributed by atoms with van der Waals surface area (Å²) in [5.74, 6) is -0.919. The zero-order valence-corrected chi connectivity index (χ0v) is 17.0. The number of aromatic nitrogens is 2. The molecule has 148 valence electrons. The Morgan fingerprint density at radius 1 is 1.27 bits per heavy atom. The molecular formula is C19H33N3O4. The summed E-state index contributed by atoms with van der Waals surface area (Å²) in [6.07, 6.45) is 0.350. The van der Waals surface area contributed by atoms with Crippen LogP contribution in [0.4, 0.5) is 0 Å². The number of carbonyl (C=O) groups is 2. The number of carboxylic acid groups (broad SMARTS) is 1. The summed E-state index contributed by atoms with van der Waals surface area (Å²) in [5, 5.41) is 16.4. The SMILES string of the molecule is Cc1nn(CC(C)C)c(C)c1CC(=O)NC(CCOC(C)(C)C)C(=O)O. The van der Waals surface area contributed by atoms with Crippen molar-refractivity contribution >= 4 is 11.9 Å². The molecule has 26 heavy (non-hydrogen) atoms. The highest BCUT2D eigenvalue weighted by atomic mass is 16.5. The maximum atomic E-state index is 12.4. The molecule has 0 aliphatic rings. The Bertz CT molecular complexity index is 629. The first-order valence-electron chi connectivity index (χ1n) is 9.09. The molecule has 0 saturated carbocycles. The van der Waals surface area contributed by atoms with E-state index >= 15 is 0 Å². The van der Waals surface area contributed by atoms with Crippen LogP contribution in [0.2, 0.25) is 0 Å². The predicted octanol–water partition coefficient (Wildman–Crippen LogP) is 2.47. The van der Waals surface area contributed by atoms with Gasteiger partial charge in [0.1, 0.15) is 6.04 Å². The molecular weight excluding hydrogens is 334 g/mol. The number of hydrogen-bond acceptors (Lipinski definition) is 4. The van der Waals surface area contributed by atoms with Gasteiger partial charge in [0.05, 0.1) is 17.7 Å². The van der Waals surface area contributed by atoms with Crippen LogP contribution >= 0.6 is 0 Å². The molecule has 0 saturated heterocycles. The number of ether oxygens (including phenoxy) is 1. The van der Waals surface area contributed by atoms with Crippen molar-refractivity contribution in [1.29, 1.82) is 0 Å². The van der Waals surface area contributed by atoms with Crippen LogP contribution in [0.15, 0.2) is 0 Å². The van der Waals surface area contributed by atoms with Crippen LogP contribution in [-0.4, -0.2) is 45.0 Å². The Kier molecular flexibility index (Phi) is 7.81. The van der Waals surface area contributed by atoms with Crippen molar-refractivity contribution in [3.8, 4) is 0 Å². The van der Waals surface area contributed by atoms with Crippen molar-refractivity contribution in [2.24, 2.45) is 5.92 Å². The smallest absolute Gasteiger partial charge is 0.326 e. The van der Waals surface area contributed by atoms with Crippen molar-refractivity contribution in [2.75, 3.05) is 6.61 Å². The molecule has 0 aliphatic heterocycles. The number of carboxylic acids is 1. The number of rotatable bonds is 9. The number of aliphatic carboxylic acids is 1. The van der Waals surface area contributed by atoms with E-state index in [2.05, 4.69) is 24.3 Å². The molecule has 7 nitrogen and oxygen atoms in total. The number of amides is 1. The normalized spacial score (nSPS) is 13.1. The highest BCUT2D eigenvalue weighted by molar-refractivity contribution is 5.85. The topological polar surface area (TPSA) is 93.5 Å². The molecule has 2 N–H and O–H groups in total. The summed E-state index contributed by atoms with van der Waals surface area (Å²) >= 11 is 0. The summed E-state index contributed by atoms with van der Waals surface area (Å²) < 4.78 is 7.47. The Hall–Kier alpha value is -1.89. The van der Waals surface area contributed by atoms with E-state index in [0.29, 0.717) is 5.92 Å². The van der Waals surface area contributed by atoms with Gasteiger partial charge in [-0.1, -0.05) is 13.8 Å². The van der Waals surface area contributed by atoms with Crippen molar-refractivity contribution in [1.82, 2.24) is 15.1 Å². The van der Waals surface area contributed by atoms with Gasteiger partial charge in [-0.25, -0.2) is 4.79 Å². The summed E-state index contributed by atoms with van der Waals surface area (Å²) in [7, 11) is 0. The van der Waals surface area contributed by atoms with Gasteiger partial charge in [0.15, 0.2) is 0 Å². The summed E-state index contributed by atoms with van der Waals surface area (Å²) in [6, 6.07) is -0.962. The minimum absolute atomic E-state index is 0.125. The van der Waals surface area contributed by atoms with E-state index in [0.717, 1.165) is 23.5 Å². The molecule has 0 radical (unpaired) electrons. The molecule has 1 heterocycles. The van der Waals surface area contributed by atoms with E-state index in [9.17, 15) is 14.7 Å². The fraction of sp³-hybridized carbons (Fsp3) is 0.737.